The fourth-order valence-electron chi connectivity index (χ4n) is 6.88. The van der Waals surface area contributed by atoms with Crippen molar-refractivity contribution < 1.29 is 4.79 Å². The minimum absolute atomic E-state index is 0.269. The zero-order chi connectivity index (χ0) is 20.7. The summed E-state index contributed by atoms with van der Waals surface area (Å²) in [7, 11) is 0. The molecule has 2 amide bonds. The number of urea groups is 1. The number of carbonyl (C=O) groups is 1. The number of fused-ring (bicyclic) bond motifs is 3. The number of primary amides is 1. The number of piperidine rings is 1. The van der Waals surface area contributed by atoms with Crippen molar-refractivity contribution >= 4 is 17.4 Å². The van der Waals surface area contributed by atoms with Crippen LogP contribution in [0.25, 0.3) is 0 Å². The highest BCUT2D eigenvalue weighted by Crippen LogP contribution is 2.47. The highest BCUT2D eigenvalue weighted by Gasteiger charge is 2.43. The van der Waals surface area contributed by atoms with E-state index in [1.54, 1.807) is 0 Å². The van der Waals surface area contributed by atoms with Crippen molar-refractivity contribution in [3.05, 3.63) is 23.8 Å². The number of hydrogen-bond donors (Lipinski definition) is 1. The van der Waals surface area contributed by atoms with Crippen LogP contribution in [0.5, 0.6) is 0 Å². The Morgan fingerprint density at radius 1 is 1.10 bits per heavy atom. The average Bonchev–Trinajstić information content (AvgIpc) is 3.50. The van der Waals surface area contributed by atoms with Gasteiger partial charge in [-0.15, -0.1) is 0 Å². The molecular formula is C25H38N4O. The molecule has 1 saturated heterocycles. The van der Waals surface area contributed by atoms with Crippen LogP contribution in [-0.2, 0) is 0 Å². The molecule has 2 saturated carbocycles. The predicted molar refractivity (Wildman–Crippen MR) is 123 cm³/mol. The summed E-state index contributed by atoms with van der Waals surface area (Å²) in [5.41, 5.74) is 9.75. The SMILES string of the molecule is CCCN1c2ccc(N(C(N)=O)C3CCCC3)cc2C2CN(C3CCCC3)CCC21. The van der Waals surface area contributed by atoms with E-state index in [1.165, 1.54) is 75.7 Å². The van der Waals surface area contributed by atoms with Crippen LogP contribution in [0.4, 0.5) is 16.2 Å². The lowest BCUT2D eigenvalue weighted by Gasteiger charge is -2.41. The molecular weight excluding hydrogens is 372 g/mol. The highest BCUT2D eigenvalue weighted by molar-refractivity contribution is 5.92. The molecule has 30 heavy (non-hydrogen) atoms. The molecule has 0 radical (unpaired) electrons. The topological polar surface area (TPSA) is 52.8 Å². The van der Waals surface area contributed by atoms with E-state index in [9.17, 15) is 4.79 Å². The molecule has 2 aliphatic carbocycles. The number of rotatable bonds is 5. The Kier molecular flexibility index (Phi) is 5.65. The van der Waals surface area contributed by atoms with Crippen molar-refractivity contribution in [2.45, 2.75) is 95.2 Å². The van der Waals surface area contributed by atoms with Crippen molar-refractivity contribution in [3.8, 4) is 0 Å². The predicted octanol–water partition coefficient (Wildman–Crippen LogP) is 4.84. The van der Waals surface area contributed by atoms with Gasteiger partial charge in [-0.3, -0.25) is 9.80 Å². The molecule has 2 aliphatic heterocycles. The summed E-state index contributed by atoms with van der Waals surface area (Å²) in [5, 5.41) is 0. The number of hydrogen-bond acceptors (Lipinski definition) is 3. The quantitative estimate of drug-likeness (QED) is 0.755. The zero-order valence-electron chi connectivity index (χ0n) is 18.6. The Labute approximate surface area is 181 Å². The molecule has 5 nitrogen and oxygen atoms in total. The van der Waals surface area contributed by atoms with E-state index < -0.39 is 0 Å². The number of nitrogens with two attached hydrogens (primary N) is 1. The van der Waals surface area contributed by atoms with Gasteiger partial charge >= 0.3 is 6.03 Å². The van der Waals surface area contributed by atoms with Crippen LogP contribution in [0.2, 0.25) is 0 Å². The Morgan fingerprint density at radius 2 is 1.83 bits per heavy atom. The Hall–Kier alpha value is -1.75. The third kappa shape index (κ3) is 3.49. The lowest BCUT2D eigenvalue weighted by atomic mass is 9.87. The van der Waals surface area contributed by atoms with Crippen molar-refractivity contribution in [2.75, 3.05) is 29.4 Å². The van der Waals surface area contributed by atoms with Crippen molar-refractivity contribution in [1.29, 1.82) is 0 Å². The van der Waals surface area contributed by atoms with E-state index >= 15 is 0 Å². The van der Waals surface area contributed by atoms with Crippen molar-refractivity contribution in [3.63, 3.8) is 0 Å². The Bertz CT molecular complexity index is 768. The summed E-state index contributed by atoms with van der Waals surface area (Å²) >= 11 is 0. The normalized spacial score (nSPS) is 27.4. The minimum Gasteiger partial charge on any atom is -0.368 e. The van der Waals surface area contributed by atoms with Crippen LogP contribution in [-0.4, -0.2) is 48.7 Å². The molecule has 2 atom stereocenters. The van der Waals surface area contributed by atoms with Crippen molar-refractivity contribution in [2.24, 2.45) is 5.73 Å². The molecule has 2 N–H and O–H groups in total. The largest absolute Gasteiger partial charge is 0.368 e. The van der Waals surface area contributed by atoms with Crippen LogP contribution in [0, 0.1) is 0 Å². The lowest BCUT2D eigenvalue weighted by molar-refractivity contribution is 0.140. The molecule has 5 rings (SSSR count). The number of likely N-dealkylation sites (tertiary alicyclic amines) is 1. The van der Waals surface area contributed by atoms with Gasteiger partial charge in [0.1, 0.15) is 0 Å². The molecule has 5 heteroatoms. The van der Waals surface area contributed by atoms with Gasteiger partial charge in [0, 0.05) is 55.1 Å². The van der Waals surface area contributed by atoms with Crippen LogP contribution < -0.4 is 15.5 Å². The van der Waals surface area contributed by atoms with Crippen LogP contribution in [0.1, 0.15) is 82.6 Å². The number of carbonyl (C=O) groups excluding carboxylic acids is 1. The molecule has 164 valence electrons. The van der Waals surface area contributed by atoms with Crippen molar-refractivity contribution in [1.82, 2.24) is 4.90 Å². The Morgan fingerprint density at radius 3 is 2.53 bits per heavy atom. The molecule has 1 aromatic rings. The van der Waals surface area contributed by atoms with Gasteiger partial charge in [-0.25, -0.2) is 4.79 Å². The summed E-state index contributed by atoms with van der Waals surface area (Å²) in [4.78, 5) is 19.7. The monoisotopic (exact) mass is 410 g/mol. The number of anilines is 2. The first-order chi connectivity index (χ1) is 14.7. The second kappa shape index (κ2) is 8.41. The standard InChI is InChI=1S/C25H38N4O/c1-2-14-28-23-12-11-20(29(25(26)30)19-9-5-6-10-19)16-21(23)22-17-27(15-13-24(22)28)18-7-3-4-8-18/h11-12,16,18-19,22,24H,2-10,13-15,17H2,1H3,(H2,26,30). The fraction of sp³-hybridized carbons (Fsp3) is 0.720. The van der Waals surface area contributed by atoms with Gasteiger partial charge in [0.25, 0.3) is 0 Å². The first-order valence-corrected chi connectivity index (χ1v) is 12.4. The molecule has 0 bridgehead atoms. The smallest absolute Gasteiger partial charge is 0.319 e. The van der Waals surface area contributed by atoms with Crippen LogP contribution in [0.3, 0.4) is 0 Å². The van der Waals surface area contributed by atoms with Gasteiger partial charge in [0.05, 0.1) is 0 Å². The van der Waals surface area contributed by atoms with E-state index in [4.69, 9.17) is 5.73 Å². The van der Waals surface area contributed by atoms with Gasteiger partial charge in [0.15, 0.2) is 0 Å². The molecule has 0 aromatic heterocycles. The molecule has 2 heterocycles. The number of benzene rings is 1. The maximum Gasteiger partial charge on any atom is 0.319 e. The average molecular weight is 411 g/mol. The van der Waals surface area contributed by atoms with E-state index in [2.05, 4.69) is 34.9 Å². The second-order valence-corrected chi connectivity index (χ2v) is 9.98. The molecule has 3 fully saturated rings. The third-order valence-corrected chi connectivity index (χ3v) is 8.24. The first kappa shape index (κ1) is 20.2. The molecule has 4 aliphatic rings. The van der Waals surface area contributed by atoms with Gasteiger partial charge < -0.3 is 10.6 Å². The highest BCUT2D eigenvalue weighted by atomic mass is 16.2. The first-order valence-electron chi connectivity index (χ1n) is 12.4. The zero-order valence-corrected chi connectivity index (χ0v) is 18.6. The van der Waals surface area contributed by atoms with Gasteiger partial charge in [-0.1, -0.05) is 32.6 Å². The van der Waals surface area contributed by atoms with Gasteiger partial charge in [-0.05, 0) is 62.3 Å². The summed E-state index contributed by atoms with van der Waals surface area (Å²) in [6, 6.07) is 8.13. The van der Waals surface area contributed by atoms with Gasteiger partial charge in [-0.2, -0.15) is 0 Å². The van der Waals surface area contributed by atoms with E-state index in [1.807, 2.05) is 4.90 Å². The number of amides is 2. The van der Waals surface area contributed by atoms with Crippen LogP contribution in [0.15, 0.2) is 18.2 Å². The fourth-order valence-corrected chi connectivity index (χ4v) is 6.88. The lowest BCUT2D eigenvalue weighted by Crippen LogP contribution is -2.49. The number of nitrogens with zero attached hydrogens (tertiary/aromatic N) is 3. The molecule has 0 spiro atoms. The van der Waals surface area contributed by atoms with Gasteiger partial charge in [0.2, 0.25) is 0 Å². The maximum atomic E-state index is 12.4. The summed E-state index contributed by atoms with van der Waals surface area (Å²) in [6.07, 6.45) is 12.5. The summed E-state index contributed by atoms with van der Waals surface area (Å²) in [6.45, 7) is 5.82. The summed E-state index contributed by atoms with van der Waals surface area (Å²) < 4.78 is 0. The second-order valence-electron chi connectivity index (χ2n) is 9.98. The summed E-state index contributed by atoms with van der Waals surface area (Å²) in [5.74, 6) is 0.555. The van der Waals surface area contributed by atoms with Crippen LogP contribution >= 0.6 is 0 Å². The van der Waals surface area contributed by atoms with E-state index in [0.29, 0.717) is 12.0 Å². The molecule has 2 unspecified atom stereocenters. The Balaban J connectivity index is 1.47. The molecule has 1 aromatic carbocycles. The minimum atomic E-state index is -0.293. The third-order valence-electron chi connectivity index (χ3n) is 8.24. The van der Waals surface area contributed by atoms with E-state index in [0.717, 1.165) is 31.1 Å². The maximum absolute atomic E-state index is 12.4. The van der Waals surface area contributed by atoms with E-state index in [-0.39, 0.29) is 12.1 Å².